The third kappa shape index (κ3) is 3.99. The number of pyridine rings is 1. The summed E-state index contributed by atoms with van der Waals surface area (Å²) in [7, 11) is 3.96. The maximum atomic E-state index is 9.14. The average molecular weight is 435 g/mol. The van der Waals surface area contributed by atoms with Crippen LogP contribution in [0.2, 0.25) is 0 Å². The maximum Gasteiger partial charge on any atom is 0.0991 e. The van der Waals surface area contributed by atoms with Crippen LogP contribution in [0.5, 0.6) is 0 Å². The van der Waals surface area contributed by atoms with E-state index in [0.717, 1.165) is 44.2 Å². The lowest BCUT2D eigenvalue weighted by molar-refractivity contribution is 0.797. The first-order chi connectivity index (χ1) is 16.2. The lowest BCUT2D eigenvalue weighted by atomic mass is 9.95. The predicted molar refractivity (Wildman–Crippen MR) is 133 cm³/mol. The second kappa shape index (κ2) is 8.89. The monoisotopic (exact) mass is 434 g/mol. The molecule has 0 amide bonds. The number of fused-ring (bicyclic) bond motifs is 2. The Morgan fingerprint density at radius 1 is 0.909 bits per heavy atom. The van der Waals surface area contributed by atoms with Crippen LogP contribution < -0.4 is 5.32 Å². The number of nitriles is 1. The molecule has 1 aliphatic heterocycles. The summed E-state index contributed by atoms with van der Waals surface area (Å²) in [6.07, 6.45) is 8.63. The molecule has 4 heterocycles. The van der Waals surface area contributed by atoms with Gasteiger partial charge in [-0.05, 0) is 61.8 Å². The van der Waals surface area contributed by atoms with Crippen LogP contribution >= 0.6 is 0 Å². The second-order valence-corrected chi connectivity index (χ2v) is 8.40. The molecule has 2 aromatic carbocycles. The molecule has 3 aromatic heterocycles. The smallest absolute Gasteiger partial charge is 0.0991 e. The van der Waals surface area contributed by atoms with E-state index in [4.69, 9.17) is 10.2 Å². The van der Waals surface area contributed by atoms with Gasteiger partial charge in [-0.15, -0.1) is 0 Å². The van der Waals surface area contributed by atoms with Gasteiger partial charge in [-0.1, -0.05) is 18.2 Å². The van der Waals surface area contributed by atoms with Crippen molar-refractivity contribution < 1.29 is 0 Å². The molecule has 0 atom stereocenters. The van der Waals surface area contributed by atoms with Gasteiger partial charge in [-0.25, -0.2) is 0 Å². The molecule has 0 radical (unpaired) electrons. The van der Waals surface area contributed by atoms with E-state index in [1.54, 1.807) is 0 Å². The zero-order chi connectivity index (χ0) is 22.8. The predicted octanol–water partition coefficient (Wildman–Crippen LogP) is 5.04. The Morgan fingerprint density at radius 2 is 1.67 bits per heavy atom. The Hall–Kier alpha value is -3.95. The van der Waals surface area contributed by atoms with Crippen molar-refractivity contribution in [3.05, 3.63) is 72.7 Å². The van der Waals surface area contributed by atoms with Crippen LogP contribution in [0, 0.1) is 11.3 Å². The van der Waals surface area contributed by atoms with E-state index in [1.807, 2.05) is 61.6 Å². The van der Waals surface area contributed by atoms with Crippen LogP contribution in [-0.2, 0) is 14.1 Å². The molecule has 33 heavy (non-hydrogen) atoms. The Balaban J connectivity index is 0.000000406. The highest BCUT2D eigenvalue weighted by Gasteiger charge is 2.16. The summed E-state index contributed by atoms with van der Waals surface area (Å²) >= 11 is 0. The maximum absolute atomic E-state index is 9.14. The third-order valence-corrected chi connectivity index (χ3v) is 6.22. The van der Waals surface area contributed by atoms with Crippen LogP contribution in [0.15, 0.2) is 67.1 Å². The van der Waals surface area contributed by atoms with E-state index < -0.39 is 0 Å². The molecule has 5 aromatic rings. The molecule has 164 valence electrons. The first-order valence-corrected chi connectivity index (χ1v) is 11.2. The molecule has 1 aliphatic rings. The first kappa shape index (κ1) is 20.9. The van der Waals surface area contributed by atoms with E-state index in [0.29, 0.717) is 5.56 Å². The van der Waals surface area contributed by atoms with Crippen molar-refractivity contribution in [3.63, 3.8) is 0 Å². The Bertz CT molecular complexity index is 1460. The summed E-state index contributed by atoms with van der Waals surface area (Å²) < 4.78 is 3.94. The topological polar surface area (TPSA) is 71.5 Å². The van der Waals surface area contributed by atoms with Crippen molar-refractivity contribution >= 4 is 21.8 Å². The summed E-state index contributed by atoms with van der Waals surface area (Å²) in [5.74, 6) is 0. The van der Waals surface area contributed by atoms with E-state index in [9.17, 15) is 0 Å². The normalized spacial score (nSPS) is 13.1. The molecule has 1 N–H and O–H groups in total. The Labute approximate surface area is 193 Å². The van der Waals surface area contributed by atoms with Gasteiger partial charge in [0.15, 0.2) is 0 Å². The van der Waals surface area contributed by atoms with Crippen molar-refractivity contribution in [2.45, 2.75) is 12.8 Å². The second-order valence-electron chi connectivity index (χ2n) is 8.40. The summed E-state index contributed by atoms with van der Waals surface area (Å²) in [5.41, 5.74) is 6.90. The zero-order valence-corrected chi connectivity index (χ0v) is 18.9. The van der Waals surface area contributed by atoms with Gasteiger partial charge in [0.05, 0.1) is 40.8 Å². The largest absolute Gasteiger partial charge is 0.349 e. The van der Waals surface area contributed by atoms with Crippen LogP contribution in [0.3, 0.4) is 0 Å². The fraction of sp³-hybridized carbons (Fsp3) is 0.222. The molecule has 0 saturated carbocycles. The molecule has 6 rings (SSSR count). The van der Waals surface area contributed by atoms with Crippen molar-refractivity contribution in [1.29, 1.82) is 5.26 Å². The highest BCUT2D eigenvalue weighted by atomic mass is 15.2. The Kier molecular flexibility index (Phi) is 5.64. The van der Waals surface area contributed by atoms with Gasteiger partial charge >= 0.3 is 0 Å². The SMILES string of the molecule is C1CCNC1.Cn1ccc2c(-c3ccc(C#N)cc3)c(-c3ccc4c(cnn4C)c3)ncc21. The number of hydrogen-bond acceptors (Lipinski definition) is 4. The zero-order valence-electron chi connectivity index (χ0n) is 18.9. The minimum Gasteiger partial charge on any atom is -0.349 e. The lowest BCUT2D eigenvalue weighted by Crippen LogP contribution is -2.03. The summed E-state index contributed by atoms with van der Waals surface area (Å²) in [4.78, 5) is 4.83. The summed E-state index contributed by atoms with van der Waals surface area (Å²) in [5, 5.41) is 18.9. The highest BCUT2D eigenvalue weighted by Crippen LogP contribution is 2.37. The minimum atomic E-state index is 0.648. The standard InChI is InChI=1S/C23H17N5.C4H9N/c1-27-10-9-19-21(27)14-25-23(22(19)16-5-3-15(12-24)4-6-16)17-7-8-20-18(11-17)13-26-28(20)2;1-2-4-5-3-1/h3-11,13-14H,1-2H3;5H,1-4H2. The van der Waals surface area contributed by atoms with Crippen LogP contribution in [0.4, 0.5) is 0 Å². The molecule has 1 saturated heterocycles. The fourth-order valence-corrected chi connectivity index (χ4v) is 4.39. The lowest BCUT2D eigenvalue weighted by Gasteiger charge is -2.12. The Morgan fingerprint density at radius 3 is 2.36 bits per heavy atom. The molecular formula is C27H26N6. The molecule has 6 heteroatoms. The van der Waals surface area contributed by atoms with E-state index in [-0.39, 0.29) is 0 Å². The number of aryl methyl sites for hydroxylation is 2. The van der Waals surface area contributed by atoms with Gasteiger partial charge in [-0.3, -0.25) is 9.67 Å². The average Bonchev–Trinajstić information content (AvgIpc) is 3.62. The number of benzene rings is 2. The van der Waals surface area contributed by atoms with E-state index in [2.05, 4.69) is 45.3 Å². The molecule has 6 nitrogen and oxygen atoms in total. The van der Waals surface area contributed by atoms with E-state index in [1.165, 1.54) is 25.9 Å². The molecule has 0 spiro atoms. The van der Waals surface area contributed by atoms with Crippen molar-refractivity contribution in [3.8, 4) is 28.5 Å². The molecule has 0 bridgehead atoms. The minimum absolute atomic E-state index is 0.648. The molecule has 0 unspecified atom stereocenters. The number of aromatic nitrogens is 4. The highest BCUT2D eigenvalue weighted by molar-refractivity contribution is 6.02. The number of nitrogens with zero attached hydrogens (tertiary/aromatic N) is 5. The number of rotatable bonds is 2. The van der Waals surface area contributed by atoms with Gasteiger partial charge in [0, 0.05) is 42.2 Å². The van der Waals surface area contributed by atoms with Gasteiger partial charge in [0.1, 0.15) is 0 Å². The molecular weight excluding hydrogens is 408 g/mol. The van der Waals surface area contributed by atoms with Crippen molar-refractivity contribution in [2.24, 2.45) is 14.1 Å². The van der Waals surface area contributed by atoms with Gasteiger partial charge < -0.3 is 9.88 Å². The molecule has 1 fully saturated rings. The fourth-order valence-electron chi connectivity index (χ4n) is 4.39. The van der Waals surface area contributed by atoms with Crippen molar-refractivity contribution in [2.75, 3.05) is 13.1 Å². The number of hydrogen-bond donors (Lipinski definition) is 1. The van der Waals surface area contributed by atoms with Crippen LogP contribution in [0.25, 0.3) is 44.2 Å². The van der Waals surface area contributed by atoms with E-state index >= 15 is 0 Å². The third-order valence-electron chi connectivity index (χ3n) is 6.22. The number of nitrogens with one attached hydrogen (secondary N) is 1. The quantitative estimate of drug-likeness (QED) is 0.423. The van der Waals surface area contributed by atoms with Crippen LogP contribution in [0.1, 0.15) is 18.4 Å². The summed E-state index contributed by atoms with van der Waals surface area (Å²) in [6, 6.07) is 18.3. The summed E-state index contributed by atoms with van der Waals surface area (Å²) in [6.45, 7) is 2.50. The van der Waals surface area contributed by atoms with Gasteiger partial charge in [0.2, 0.25) is 0 Å². The molecule has 0 aliphatic carbocycles. The van der Waals surface area contributed by atoms with Crippen molar-refractivity contribution in [1.82, 2.24) is 24.6 Å². The van der Waals surface area contributed by atoms with Gasteiger partial charge in [-0.2, -0.15) is 10.4 Å². The first-order valence-electron chi connectivity index (χ1n) is 11.2. The van der Waals surface area contributed by atoms with Gasteiger partial charge in [0.25, 0.3) is 0 Å². The van der Waals surface area contributed by atoms with Crippen LogP contribution in [-0.4, -0.2) is 32.4 Å².